The molecular formula is C62H40N2S. The van der Waals surface area contributed by atoms with Crippen LogP contribution in [0.25, 0.3) is 103 Å². The van der Waals surface area contributed by atoms with Crippen LogP contribution in [0.1, 0.15) is 0 Å². The number of thiophene rings is 1. The minimum atomic E-state index is 1.09. The highest BCUT2D eigenvalue weighted by Gasteiger charge is 2.26. The topological polar surface area (TPSA) is 8.17 Å². The SMILES string of the molecule is c1ccc(-c2cc(-c3ccccc3)c3c(c2)c2cccc(N(c4ccc(-c5cc6ccccc6c6ccccc56)cc4)c4cccc5sc6ccccc6c45)c2n3-c2ccccc2)cc1. The lowest BCUT2D eigenvalue weighted by molar-refractivity contribution is 1.17. The molecule has 304 valence electrons. The molecule has 0 amide bonds. The summed E-state index contributed by atoms with van der Waals surface area (Å²) in [5.74, 6) is 0. The first-order valence-electron chi connectivity index (χ1n) is 22.3. The molecule has 3 heteroatoms. The molecule has 0 N–H and O–H groups in total. The first kappa shape index (κ1) is 37.3. The summed E-state index contributed by atoms with van der Waals surface area (Å²) in [5.41, 5.74) is 14.0. The van der Waals surface area contributed by atoms with Crippen LogP contribution in [-0.4, -0.2) is 4.57 Å². The van der Waals surface area contributed by atoms with E-state index in [1.807, 2.05) is 11.3 Å². The molecule has 0 radical (unpaired) electrons. The van der Waals surface area contributed by atoms with Crippen LogP contribution in [0.2, 0.25) is 0 Å². The van der Waals surface area contributed by atoms with E-state index in [9.17, 15) is 0 Å². The van der Waals surface area contributed by atoms with Gasteiger partial charge in [0.1, 0.15) is 0 Å². The van der Waals surface area contributed by atoms with E-state index in [0.717, 1.165) is 28.3 Å². The maximum absolute atomic E-state index is 2.52. The summed E-state index contributed by atoms with van der Waals surface area (Å²) in [6.45, 7) is 0. The Balaban J connectivity index is 1.13. The van der Waals surface area contributed by atoms with E-state index >= 15 is 0 Å². The Morgan fingerprint density at radius 3 is 1.69 bits per heavy atom. The van der Waals surface area contributed by atoms with Crippen molar-refractivity contribution in [2.45, 2.75) is 0 Å². The van der Waals surface area contributed by atoms with Crippen LogP contribution >= 0.6 is 11.3 Å². The first-order valence-corrected chi connectivity index (χ1v) is 23.1. The standard InChI is InChI=1S/C62H40N2S/c1-4-18-41(19-5-1)45-39-54(42-20-6-2-7-21-42)61-55(40-45)51-29-16-31-57(62(51)64(61)46-23-8-3-9-24-46)63(56-30-17-33-59-60(56)52-28-14-15-32-58(52)65-59)47-36-34-43(35-37-47)53-38-44-22-10-11-25-48(44)49-26-12-13-27-50(49)53/h1-40H. The molecule has 65 heavy (non-hydrogen) atoms. The molecule has 0 spiro atoms. The van der Waals surface area contributed by atoms with Gasteiger partial charge in [-0.3, -0.25) is 0 Å². The van der Waals surface area contributed by atoms with Gasteiger partial charge in [-0.1, -0.05) is 176 Å². The van der Waals surface area contributed by atoms with Crippen LogP contribution in [0.4, 0.5) is 17.1 Å². The molecule has 0 aliphatic rings. The third-order valence-electron chi connectivity index (χ3n) is 13.1. The van der Waals surface area contributed by atoms with Gasteiger partial charge in [0.25, 0.3) is 0 Å². The van der Waals surface area contributed by atoms with Crippen LogP contribution in [-0.2, 0) is 0 Å². The fraction of sp³-hybridized carbons (Fsp3) is 0. The summed E-state index contributed by atoms with van der Waals surface area (Å²) in [6.07, 6.45) is 0. The summed E-state index contributed by atoms with van der Waals surface area (Å²) >= 11 is 1.86. The summed E-state index contributed by atoms with van der Waals surface area (Å²) in [6, 6.07) is 89.1. The molecule has 0 atom stereocenters. The van der Waals surface area contributed by atoms with E-state index in [2.05, 4.69) is 252 Å². The highest BCUT2D eigenvalue weighted by atomic mass is 32.1. The predicted octanol–water partition coefficient (Wildman–Crippen LogP) is 17.9. The molecule has 2 heterocycles. The highest BCUT2D eigenvalue weighted by molar-refractivity contribution is 7.26. The molecule has 0 saturated carbocycles. The average Bonchev–Trinajstić information content (AvgIpc) is 3.94. The highest BCUT2D eigenvalue weighted by Crippen LogP contribution is 2.50. The van der Waals surface area contributed by atoms with Crippen molar-refractivity contribution in [3.63, 3.8) is 0 Å². The number of nitrogens with zero attached hydrogens (tertiary/aromatic N) is 2. The summed E-state index contributed by atoms with van der Waals surface area (Å²) in [7, 11) is 0. The molecule has 2 aromatic heterocycles. The molecule has 13 aromatic rings. The lowest BCUT2D eigenvalue weighted by Crippen LogP contribution is -2.12. The van der Waals surface area contributed by atoms with Gasteiger partial charge in [0.15, 0.2) is 0 Å². The van der Waals surface area contributed by atoms with Gasteiger partial charge < -0.3 is 9.47 Å². The fourth-order valence-corrected chi connectivity index (χ4v) is 11.4. The van der Waals surface area contributed by atoms with Crippen molar-refractivity contribution in [2.75, 3.05) is 4.90 Å². The Morgan fingerprint density at radius 1 is 0.323 bits per heavy atom. The lowest BCUT2D eigenvalue weighted by Gasteiger charge is -2.28. The Hall–Kier alpha value is -8.24. The van der Waals surface area contributed by atoms with E-state index < -0.39 is 0 Å². The summed E-state index contributed by atoms with van der Waals surface area (Å²) in [4.78, 5) is 2.52. The van der Waals surface area contributed by atoms with Gasteiger partial charge in [-0.25, -0.2) is 0 Å². The lowest BCUT2D eigenvalue weighted by atomic mass is 9.93. The van der Waals surface area contributed by atoms with Gasteiger partial charge in [-0.05, 0) is 116 Å². The van der Waals surface area contributed by atoms with Gasteiger partial charge >= 0.3 is 0 Å². The molecule has 0 bridgehead atoms. The monoisotopic (exact) mass is 844 g/mol. The minimum Gasteiger partial charge on any atom is -0.308 e. The Bertz CT molecular complexity index is 3920. The molecular weight excluding hydrogens is 805 g/mol. The van der Waals surface area contributed by atoms with Gasteiger partial charge in [0, 0.05) is 47.9 Å². The van der Waals surface area contributed by atoms with Crippen molar-refractivity contribution in [3.8, 4) is 39.1 Å². The number of aromatic nitrogens is 1. The molecule has 11 aromatic carbocycles. The van der Waals surface area contributed by atoms with E-state index in [-0.39, 0.29) is 0 Å². The van der Waals surface area contributed by atoms with Crippen LogP contribution < -0.4 is 4.90 Å². The van der Waals surface area contributed by atoms with Crippen molar-refractivity contribution in [3.05, 3.63) is 243 Å². The maximum atomic E-state index is 2.52. The van der Waals surface area contributed by atoms with E-state index in [0.29, 0.717) is 0 Å². The minimum absolute atomic E-state index is 1.09. The zero-order valence-electron chi connectivity index (χ0n) is 35.4. The average molecular weight is 845 g/mol. The zero-order chi connectivity index (χ0) is 42.8. The second-order valence-electron chi connectivity index (χ2n) is 16.8. The van der Waals surface area contributed by atoms with E-state index in [4.69, 9.17) is 0 Å². The molecule has 0 unspecified atom stereocenters. The number of hydrogen-bond donors (Lipinski definition) is 0. The summed E-state index contributed by atoms with van der Waals surface area (Å²) in [5, 5.41) is 9.98. The molecule has 0 saturated heterocycles. The van der Waals surface area contributed by atoms with Crippen LogP contribution in [0, 0.1) is 0 Å². The second kappa shape index (κ2) is 15.2. The quantitative estimate of drug-likeness (QED) is 0.145. The molecule has 13 rings (SSSR count). The Labute approximate surface area is 381 Å². The Morgan fingerprint density at radius 2 is 0.908 bits per heavy atom. The number of anilines is 3. The van der Waals surface area contributed by atoms with Crippen molar-refractivity contribution in [1.29, 1.82) is 0 Å². The van der Waals surface area contributed by atoms with Crippen LogP contribution in [0.15, 0.2) is 243 Å². The third-order valence-corrected chi connectivity index (χ3v) is 14.3. The number of hydrogen-bond acceptors (Lipinski definition) is 2. The number of fused-ring (bicyclic) bond motifs is 9. The van der Waals surface area contributed by atoms with Crippen LogP contribution in [0.5, 0.6) is 0 Å². The van der Waals surface area contributed by atoms with Crippen molar-refractivity contribution < 1.29 is 0 Å². The summed E-state index contributed by atoms with van der Waals surface area (Å²) < 4.78 is 5.07. The second-order valence-corrected chi connectivity index (χ2v) is 17.9. The van der Waals surface area contributed by atoms with Crippen molar-refractivity contribution in [2.24, 2.45) is 0 Å². The van der Waals surface area contributed by atoms with Gasteiger partial charge in [-0.2, -0.15) is 0 Å². The van der Waals surface area contributed by atoms with Gasteiger partial charge in [-0.15, -0.1) is 11.3 Å². The Kier molecular flexibility index (Phi) is 8.75. The van der Waals surface area contributed by atoms with Gasteiger partial charge in [0.05, 0.1) is 22.4 Å². The largest absolute Gasteiger partial charge is 0.308 e. The normalized spacial score (nSPS) is 11.7. The molecule has 0 fully saturated rings. The molecule has 0 aliphatic carbocycles. The van der Waals surface area contributed by atoms with E-state index in [1.54, 1.807) is 0 Å². The number of rotatable bonds is 7. The van der Waals surface area contributed by atoms with Crippen molar-refractivity contribution in [1.82, 2.24) is 4.57 Å². The maximum Gasteiger partial charge on any atom is 0.0782 e. The number of benzene rings is 11. The predicted molar refractivity (Wildman–Crippen MR) is 280 cm³/mol. The van der Waals surface area contributed by atoms with E-state index in [1.165, 1.54) is 91.4 Å². The third kappa shape index (κ3) is 6.08. The zero-order valence-corrected chi connectivity index (χ0v) is 36.2. The van der Waals surface area contributed by atoms with Gasteiger partial charge in [0.2, 0.25) is 0 Å². The molecule has 2 nitrogen and oxygen atoms in total. The fourth-order valence-electron chi connectivity index (χ4n) is 10.3. The van der Waals surface area contributed by atoms with Crippen LogP contribution in [0.3, 0.4) is 0 Å². The van der Waals surface area contributed by atoms with Crippen molar-refractivity contribution >= 4 is 91.9 Å². The molecule has 0 aliphatic heterocycles. The smallest absolute Gasteiger partial charge is 0.0782 e. The first-order chi connectivity index (χ1) is 32.3. The number of para-hydroxylation sites is 2.